The minimum atomic E-state index is -0.391. The van der Waals surface area contributed by atoms with Crippen LogP contribution in [0.1, 0.15) is 26.2 Å². The molecule has 1 fully saturated rings. The third-order valence-electron chi connectivity index (χ3n) is 3.58. The molecule has 1 aromatic heterocycles. The van der Waals surface area contributed by atoms with Crippen LogP contribution in [0, 0.1) is 16.0 Å². The summed E-state index contributed by atoms with van der Waals surface area (Å²) in [5.41, 5.74) is 5.82. The van der Waals surface area contributed by atoms with Gasteiger partial charge in [0.2, 0.25) is 0 Å². The maximum absolute atomic E-state index is 10.7. The van der Waals surface area contributed by atoms with Gasteiger partial charge in [0.15, 0.2) is 5.13 Å². The van der Waals surface area contributed by atoms with Crippen LogP contribution < -0.4 is 10.6 Å². The van der Waals surface area contributed by atoms with E-state index in [-0.39, 0.29) is 11.0 Å². The molecule has 0 aliphatic carbocycles. The molecule has 1 aromatic rings. The molecule has 1 aliphatic heterocycles. The second kappa shape index (κ2) is 5.62. The van der Waals surface area contributed by atoms with E-state index >= 15 is 0 Å². The maximum atomic E-state index is 10.7. The van der Waals surface area contributed by atoms with Crippen LogP contribution >= 0.6 is 11.3 Å². The molecule has 100 valence electrons. The highest BCUT2D eigenvalue weighted by Gasteiger charge is 2.29. The number of nitrogens with two attached hydrogens (primary N) is 1. The van der Waals surface area contributed by atoms with Crippen molar-refractivity contribution < 1.29 is 4.92 Å². The van der Waals surface area contributed by atoms with Crippen LogP contribution in [0.5, 0.6) is 0 Å². The number of nitrogens with zero attached hydrogens (tertiary/aromatic N) is 3. The molecule has 2 unspecified atom stereocenters. The van der Waals surface area contributed by atoms with E-state index in [2.05, 4.69) is 16.8 Å². The lowest BCUT2D eigenvalue weighted by Crippen LogP contribution is -2.46. The predicted octanol–water partition coefficient (Wildman–Crippen LogP) is 2.00. The molecule has 0 radical (unpaired) electrons. The molecule has 0 saturated carbocycles. The molecule has 18 heavy (non-hydrogen) atoms. The number of hydrogen-bond donors (Lipinski definition) is 1. The van der Waals surface area contributed by atoms with E-state index < -0.39 is 4.92 Å². The molecule has 0 spiro atoms. The van der Waals surface area contributed by atoms with Crippen LogP contribution in [0.15, 0.2) is 6.20 Å². The van der Waals surface area contributed by atoms with Crippen LogP contribution in [0.3, 0.4) is 0 Å². The zero-order chi connectivity index (χ0) is 13.1. The standard InChI is InChI=1S/C11H18N4O2S/c1-2-8-3-4-14(9(5-8)6-12)11-13-7-10(18-11)15(16)17/h7-9H,2-6,12H2,1H3. The van der Waals surface area contributed by atoms with E-state index in [0.717, 1.165) is 35.9 Å². The van der Waals surface area contributed by atoms with Gasteiger partial charge in [-0.2, -0.15) is 0 Å². The van der Waals surface area contributed by atoms with Gasteiger partial charge in [-0.1, -0.05) is 13.3 Å². The number of aromatic nitrogens is 1. The highest BCUT2D eigenvalue weighted by Crippen LogP contribution is 2.34. The number of thiazole rings is 1. The topological polar surface area (TPSA) is 85.3 Å². The lowest BCUT2D eigenvalue weighted by Gasteiger charge is -2.38. The van der Waals surface area contributed by atoms with Gasteiger partial charge in [0, 0.05) is 19.1 Å². The quantitative estimate of drug-likeness (QED) is 0.668. The minimum Gasteiger partial charge on any atom is -0.344 e. The maximum Gasteiger partial charge on any atom is 0.345 e. The molecule has 1 aliphatic rings. The highest BCUT2D eigenvalue weighted by atomic mass is 32.1. The molecule has 2 atom stereocenters. The van der Waals surface area contributed by atoms with Gasteiger partial charge in [0.25, 0.3) is 0 Å². The largest absolute Gasteiger partial charge is 0.345 e. The number of rotatable bonds is 4. The Balaban J connectivity index is 2.13. The van der Waals surface area contributed by atoms with Gasteiger partial charge in [0.1, 0.15) is 6.20 Å². The molecule has 2 N–H and O–H groups in total. The van der Waals surface area contributed by atoms with Crippen molar-refractivity contribution in [1.29, 1.82) is 0 Å². The first kappa shape index (κ1) is 13.2. The first-order chi connectivity index (χ1) is 8.65. The Bertz CT molecular complexity index is 423. The van der Waals surface area contributed by atoms with E-state index in [0.29, 0.717) is 12.5 Å². The van der Waals surface area contributed by atoms with Crippen molar-refractivity contribution in [2.24, 2.45) is 11.7 Å². The fourth-order valence-corrected chi connectivity index (χ4v) is 3.28. The first-order valence-corrected chi connectivity index (χ1v) is 7.04. The fraction of sp³-hybridized carbons (Fsp3) is 0.727. The van der Waals surface area contributed by atoms with Crippen LogP contribution in [0.25, 0.3) is 0 Å². The summed E-state index contributed by atoms with van der Waals surface area (Å²) >= 11 is 1.14. The van der Waals surface area contributed by atoms with Gasteiger partial charge < -0.3 is 10.6 Å². The molecule has 2 rings (SSSR count). The number of hydrogen-bond acceptors (Lipinski definition) is 6. The Morgan fingerprint density at radius 2 is 2.50 bits per heavy atom. The predicted molar refractivity (Wildman–Crippen MR) is 72.0 cm³/mol. The minimum absolute atomic E-state index is 0.0957. The van der Waals surface area contributed by atoms with E-state index in [1.807, 2.05) is 0 Å². The van der Waals surface area contributed by atoms with Crippen molar-refractivity contribution in [2.45, 2.75) is 32.2 Å². The Morgan fingerprint density at radius 3 is 3.06 bits per heavy atom. The Kier molecular flexibility index (Phi) is 4.13. The average Bonchev–Trinajstić information content (AvgIpc) is 2.87. The van der Waals surface area contributed by atoms with Gasteiger partial charge >= 0.3 is 5.00 Å². The summed E-state index contributed by atoms with van der Waals surface area (Å²) in [7, 11) is 0. The van der Waals surface area contributed by atoms with E-state index in [4.69, 9.17) is 5.73 Å². The summed E-state index contributed by atoms with van der Waals surface area (Å²) in [6.45, 7) is 3.66. The number of nitro groups is 1. The Hall–Kier alpha value is -1.21. The summed E-state index contributed by atoms with van der Waals surface area (Å²) in [5.74, 6) is 0.713. The second-order valence-corrected chi connectivity index (χ2v) is 5.61. The van der Waals surface area contributed by atoms with Gasteiger partial charge in [-0.25, -0.2) is 4.98 Å². The van der Waals surface area contributed by atoms with Crippen molar-refractivity contribution in [1.82, 2.24) is 4.98 Å². The molecule has 1 saturated heterocycles. The fourth-order valence-electron chi connectivity index (χ4n) is 2.45. The van der Waals surface area contributed by atoms with Crippen LogP contribution in [0.4, 0.5) is 10.1 Å². The van der Waals surface area contributed by atoms with Crippen molar-refractivity contribution in [3.8, 4) is 0 Å². The highest BCUT2D eigenvalue weighted by molar-refractivity contribution is 7.18. The molecule has 0 amide bonds. The Morgan fingerprint density at radius 1 is 1.72 bits per heavy atom. The van der Waals surface area contributed by atoms with Gasteiger partial charge in [-0.05, 0) is 30.1 Å². The third-order valence-corrected chi connectivity index (χ3v) is 4.57. The smallest absolute Gasteiger partial charge is 0.344 e. The number of anilines is 1. The van der Waals surface area contributed by atoms with Crippen LogP contribution in [-0.2, 0) is 0 Å². The van der Waals surface area contributed by atoms with Gasteiger partial charge in [0.05, 0.1) is 4.92 Å². The van der Waals surface area contributed by atoms with E-state index in [9.17, 15) is 10.1 Å². The van der Waals surface area contributed by atoms with Crippen molar-refractivity contribution >= 4 is 21.5 Å². The molecule has 6 nitrogen and oxygen atoms in total. The molecule has 7 heteroatoms. The van der Waals surface area contributed by atoms with Gasteiger partial charge in [-0.15, -0.1) is 0 Å². The van der Waals surface area contributed by atoms with Gasteiger partial charge in [-0.3, -0.25) is 10.1 Å². The summed E-state index contributed by atoms with van der Waals surface area (Å²) in [5, 5.41) is 11.5. The van der Waals surface area contributed by atoms with Crippen molar-refractivity contribution in [3.63, 3.8) is 0 Å². The SMILES string of the molecule is CCC1CCN(c2ncc([N+](=O)[O-])s2)C(CN)C1. The molecule has 0 bridgehead atoms. The van der Waals surface area contributed by atoms with E-state index in [1.165, 1.54) is 12.6 Å². The average molecular weight is 270 g/mol. The summed E-state index contributed by atoms with van der Waals surface area (Å²) < 4.78 is 0. The lowest BCUT2D eigenvalue weighted by atomic mass is 9.89. The molecular formula is C11H18N4O2S. The summed E-state index contributed by atoms with van der Waals surface area (Å²) in [6, 6.07) is 0.259. The zero-order valence-corrected chi connectivity index (χ0v) is 11.2. The van der Waals surface area contributed by atoms with Crippen molar-refractivity contribution in [2.75, 3.05) is 18.0 Å². The first-order valence-electron chi connectivity index (χ1n) is 6.22. The van der Waals surface area contributed by atoms with Crippen molar-refractivity contribution in [3.05, 3.63) is 16.3 Å². The number of piperidine rings is 1. The monoisotopic (exact) mass is 270 g/mol. The second-order valence-electron chi connectivity index (χ2n) is 4.62. The summed E-state index contributed by atoms with van der Waals surface area (Å²) in [4.78, 5) is 16.6. The lowest BCUT2D eigenvalue weighted by molar-refractivity contribution is -0.380. The zero-order valence-electron chi connectivity index (χ0n) is 10.4. The van der Waals surface area contributed by atoms with Crippen LogP contribution in [-0.4, -0.2) is 29.0 Å². The van der Waals surface area contributed by atoms with E-state index in [1.54, 1.807) is 0 Å². The molecule has 0 aromatic carbocycles. The third kappa shape index (κ3) is 2.62. The molecular weight excluding hydrogens is 252 g/mol. The normalized spacial score (nSPS) is 24.2. The summed E-state index contributed by atoms with van der Waals surface area (Å²) in [6.07, 6.45) is 4.67. The van der Waals surface area contributed by atoms with Crippen LogP contribution in [0.2, 0.25) is 0 Å². The molecule has 2 heterocycles. The Labute approximate surface area is 110 Å².